The van der Waals surface area contributed by atoms with Crippen LogP contribution in [0.5, 0.6) is 0 Å². The highest BCUT2D eigenvalue weighted by Gasteiger charge is 2.05. The number of hydrogen-bond donors (Lipinski definition) is 0. The van der Waals surface area contributed by atoms with E-state index in [1.807, 2.05) is 22.8 Å². The van der Waals surface area contributed by atoms with E-state index in [-0.39, 0.29) is 0 Å². The molecule has 1 aromatic carbocycles. The zero-order chi connectivity index (χ0) is 13.5. The zero-order valence-corrected chi connectivity index (χ0v) is 11.4. The van der Waals surface area contributed by atoms with Gasteiger partial charge in [0.05, 0.1) is 18.2 Å². The second kappa shape index (κ2) is 6.92. The summed E-state index contributed by atoms with van der Waals surface area (Å²) in [6.45, 7) is 1.37. The molecule has 2 aromatic rings. The van der Waals surface area contributed by atoms with Gasteiger partial charge in [0.15, 0.2) is 5.16 Å². The summed E-state index contributed by atoms with van der Waals surface area (Å²) < 4.78 is 7.00. The monoisotopic (exact) mass is 274 g/mol. The molecule has 0 N–H and O–H groups in total. The van der Waals surface area contributed by atoms with Crippen molar-refractivity contribution in [3.8, 4) is 6.07 Å². The summed E-state index contributed by atoms with van der Waals surface area (Å²) in [5.41, 5.74) is 1.78. The quantitative estimate of drug-likeness (QED) is 0.755. The molecular formula is C13H14N4OS. The van der Waals surface area contributed by atoms with Crippen molar-refractivity contribution in [2.24, 2.45) is 0 Å². The van der Waals surface area contributed by atoms with E-state index in [9.17, 15) is 0 Å². The van der Waals surface area contributed by atoms with Gasteiger partial charge in [-0.25, -0.2) is 0 Å². The highest BCUT2D eigenvalue weighted by Crippen LogP contribution is 2.20. The lowest BCUT2D eigenvalue weighted by Crippen LogP contribution is -2.04. The van der Waals surface area contributed by atoms with Crippen LogP contribution >= 0.6 is 11.8 Å². The van der Waals surface area contributed by atoms with E-state index >= 15 is 0 Å². The molecule has 1 heterocycles. The van der Waals surface area contributed by atoms with Gasteiger partial charge in [-0.3, -0.25) is 0 Å². The molecule has 0 spiro atoms. The van der Waals surface area contributed by atoms with Gasteiger partial charge in [0, 0.05) is 19.4 Å². The maximum Gasteiger partial charge on any atom is 0.191 e. The summed E-state index contributed by atoms with van der Waals surface area (Å²) >= 11 is 1.60. The van der Waals surface area contributed by atoms with Gasteiger partial charge in [-0.05, 0) is 17.7 Å². The Morgan fingerprint density at radius 3 is 3.16 bits per heavy atom. The summed E-state index contributed by atoms with van der Waals surface area (Å²) in [6.07, 6.45) is 1.70. The van der Waals surface area contributed by atoms with Crippen molar-refractivity contribution in [3.05, 3.63) is 41.7 Å². The van der Waals surface area contributed by atoms with E-state index in [0.29, 0.717) is 12.2 Å². The lowest BCUT2D eigenvalue weighted by molar-refractivity contribution is 0.184. The van der Waals surface area contributed by atoms with Crippen LogP contribution < -0.4 is 0 Å². The van der Waals surface area contributed by atoms with Gasteiger partial charge in [0.1, 0.15) is 6.33 Å². The Balaban J connectivity index is 1.98. The average Bonchev–Trinajstić information content (AvgIpc) is 2.90. The van der Waals surface area contributed by atoms with Crippen molar-refractivity contribution >= 4 is 11.8 Å². The number of benzene rings is 1. The number of nitrogens with zero attached hydrogens (tertiary/aromatic N) is 4. The molecule has 0 amide bonds. The Labute approximate surface area is 116 Å². The van der Waals surface area contributed by atoms with Crippen LogP contribution in [-0.2, 0) is 17.0 Å². The first-order valence-electron chi connectivity index (χ1n) is 5.82. The minimum absolute atomic E-state index is 0.634. The topological polar surface area (TPSA) is 63.7 Å². The Kier molecular flexibility index (Phi) is 4.95. The van der Waals surface area contributed by atoms with E-state index in [1.54, 1.807) is 31.3 Å². The number of nitriles is 1. The van der Waals surface area contributed by atoms with E-state index < -0.39 is 0 Å². The summed E-state index contributed by atoms with van der Waals surface area (Å²) in [4.78, 5) is 0. The van der Waals surface area contributed by atoms with Crippen LogP contribution in [0.4, 0.5) is 0 Å². The fourth-order valence-corrected chi connectivity index (χ4v) is 2.46. The van der Waals surface area contributed by atoms with Crippen LogP contribution in [0.25, 0.3) is 0 Å². The van der Waals surface area contributed by atoms with Crippen molar-refractivity contribution in [1.82, 2.24) is 14.8 Å². The third-order valence-electron chi connectivity index (χ3n) is 2.54. The minimum atomic E-state index is 0.634. The molecule has 0 saturated heterocycles. The third kappa shape index (κ3) is 3.81. The second-order valence-electron chi connectivity index (χ2n) is 3.90. The first-order valence-corrected chi connectivity index (χ1v) is 6.80. The van der Waals surface area contributed by atoms with Gasteiger partial charge < -0.3 is 9.30 Å². The van der Waals surface area contributed by atoms with Crippen LogP contribution in [0, 0.1) is 11.3 Å². The summed E-state index contributed by atoms with van der Waals surface area (Å²) in [5.74, 6) is 0.765. The number of hydrogen-bond acceptors (Lipinski definition) is 5. The first kappa shape index (κ1) is 13.6. The highest BCUT2D eigenvalue weighted by atomic mass is 32.2. The average molecular weight is 274 g/mol. The van der Waals surface area contributed by atoms with Crippen molar-refractivity contribution < 1.29 is 4.74 Å². The van der Waals surface area contributed by atoms with Crippen LogP contribution in [0.3, 0.4) is 0 Å². The van der Waals surface area contributed by atoms with Crippen molar-refractivity contribution in [2.45, 2.75) is 17.5 Å². The van der Waals surface area contributed by atoms with Crippen molar-refractivity contribution in [1.29, 1.82) is 5.26 Å². The number of thioether (sulfide) groups is 1. The highest BCUT2D eigenvalue weighted by molar-refractivity contribution is 7.98. The lowest BCUT2D eigenvalue weighted by Gasteiger charge is -2.05. The third-order valence-corrected chi connectivity index (χ3v) is 3.59. The van der Waals surface area contributed by atoms with E-state index in [4.69, 9.17) is 10.00 Å². The summed E-state index contributed by atoms with van der Waals surface area (Å²) in [7, 11) is 1.67. The Bertz CT molecular complexity index is 576. The molecule has 0 fully saturated rings. The number of rotatable bonds is 6. The van der Waals surface area contributed by atoms with Crippen LogP contribution in [0.2, 0.25) is 0 Å². The van der Waals surface area contributed by atoms with Gasteiger partial charge in [-0.2, -0.15) is 5.26 Å². The molecule has 5 nitrogen and oxygen atoms in total. The van der Waals surface area contributed by atoms with E-state index in [1.165, 1.54) is 0 Å². The van der Waals surface area contributed by atoms with Crippen LogP contribution in [0.15, 0.2) is 35.7 Å². The molecule has 0 aliphatic heterocycles. The Hall–Kier alpha value is -1.84. The largest absolute Gasteiger partial charge is 0.383 e. The van der Waals surface area contributed by atoms with Crippen molar-refractivity contribution in [3.63, 3.8) is 0 Å². The summed E-state index contributed by atoms with van der Waals surface area (Å²) in [5, 5.41) is 17.7. The van der Waals surface area contributed by atoms with Gasteiger partial charge in [0.25, 0.3) is 0 Å². The minimum Gasteiger partial charge on any atom is -0.383 e. The lowest BCUT2D eigenvalue weighted by atomic mass is 10.2. The second-order valence-corrected chi connectivity index (χ2v) is 4.84. The number of ether oxygens (including phenoxy) is 1. The number of aromatic nitrogens is 3. The van der Waals surface area contributed by atoms with Crippen LogP contribution in [0.1, 0.15) is 11.1 Å². The Morgan fingerprint density at radius 1 is 1.47 bits per heavy atom. The smallest absolute Gasteiger partial charge is 0.191 e. The molecule has 0 unspecified atom stereocenters. The predicted molar refractivity (Wildman–Crippen MR) is 72.6 cm³/mol. The molecule has 0 saturated carbocycles. The molecule has 98 valence electrons. The van der Waals surface area contributed by atoms with Crippen LogP contribution in [-0.4, -0.2) is 28.5 Å². The maximum atomic E-state index is 8.86. The maximum absolute atomic E-state index is 8.86. The normalized spacial score (nSPS) is 10.3. The van der Waals surface area contributed by atoms with E-state index in [0.717, 1.165) is 23.0 Å². The van der Waals surface area contributed by atoms with Crippen molar-refractivity contribution in [2.75, 3.05) is 13.7 Å². The molecule has 0 aliphatic rings. The molecule has 19 heavy (non-hydrogen) atoms. The zero-order valence-electron chi connectivity index (χ0n) is 10.6. The Morgan fingerprint density at radius 2 is 2.37 bits per heavy atom. The molecule has 0 bridgehead atoms. The molecular weight excluding hydrogens is 260 g/mol. The molecule has 2 rings (SSSR count). The molecule has 0 aliphatic carbocycles. The molecule has 6 heteroatoms. The van der Waals surface area contributed by atoms with E-state index in [2.05, 4.69) is 16.3 Å². The van der Waals surface area contributed by atoms with Gasteiger partial charge >= 0.3 is 0 Å². The fraction of sp³-hybridized carbons (Fsp3) is 0.308. The predicted octanol–water partition coefficient (Wildman–Crippen LogP) is 2.09. The van der Waals surface area contributed by atoms with Gasteiger partial charge in [0.2, 0.25) is 0 Å². The van der Waals surface area contributed by atoms with Gasteiger partial charge in [-0.15, -0.1) is 10.2 Å². The number of methoxy groups -OCH3 is 1. The van der Waals surface area contributed by atoms with Gasteiger partial charge in [-0.1, -0.05) is 23.9 Å². The SMILES string of the molecule is COCCn1cnnc1SCc1cccc(C#N)c1. The standard InChI is InChI=1S/C13H14N4OS/c1-18-6-5-17-10-15-16-13(17)19-9-12-4-2-3-11(7-12)8-14/h2-4,7,10H,5-6,9H2,1H3. The summed E-state index contributed by atoms with van der Waals surface area (Å²) in [6, 6.07) is 9.73. The fourth-order valence-electron chi connectivity index (χ4n) is 1.58. The molecule has 0 radical (unpaired) electrons. The first-order chi connectivity index (χ1) is 9.33. The molecule has 0 atom stereocenters. The molecule has 1 aromatic heterocycles.